The molecule has 0 atom stereocenters. The van der Waals surface area contributed by atoms with Crippen molar-refractivity contribution in [2.75, 3.05) is 5.32 Å². The number of nitrogens with zero attached hydrogens (tertiary/aromatic N) is 5. The van der Waals surface area contributed by atoms with Gasteiger partial charge in [-0.25, -0.2) is 9.67 Å². The molecule has 1 amide bonds. The molecule has 27 heavy (non-hydrogen) atoms. The number of oxazole rings is 1. The number of hydrogen-bond donors (Lipinski definition) is 1. The highest BCUT2D eigenvalue weighted by atomic mass is 16.3. The van der Waals surface area contributed by atoms with E-state index in [0.717, 1.165) is 11.1 Å². The highest BCUT2D eigenvalue weighted by Gasteiger charge is 2.12. The lowest BCUT2D eigenvalue weighted by atomic mass is 10.2. The highest BCUT2D eigenvalue weighted by molar-refractivity contribution is 5.92. The molecule has 4 aromatic rings. The molecule has 0 aliphatic rings. The summed E-state index contributed by atoms with van der Waals surface area (Å²) in [5.41, 5.74) is 2.91. The Bertz CT molecular complexity index is 1070. The summed E-state index contributed by atoms with van der Waals surface area (Å²) in [5.74, 6) is 0.932. The number of hydrogen-bond acceptors (Lipinski definition) is 6. The zero-order valence-corrected chi connectivity index (χ0v) is 14.5. The van der Waals surface area contributed by atoms with Crippen LogP contribution < -0.4 is 5.32 Å². The quantitative estimate of drug-likeness (QED) is 0.587. The fourth-order valence-corrected chi connectivity index (χ4v) is 2.68. The van der Waals surface area contributed by atoms with Crippen LogP contribution in [-0.4, -0.2) is 31.1 Å². The SMILES string of the molecule is Cn1nnnc1-c1cccc(NC(=O)Cc2coc(-c3ccccc3)n2)c1. The molecule has 0 fully saturated rings. The summed E-state index contributed by atoms with van der Waals surface area (Å²) in [6.07, 6.45) is 1.62. The first-order chi connectivity index (χ1) is 13.2. The summed E-state index contributed by atoms with van der Waals surface area (Å²) in [6, 6.07) is 16.9. The Labute approximate surface area is 154 Å². The lowest BCUT2D eigenvalue weighted by Crippen LogP contribution is -2.14. The van der Waals surface area contributed by atoms with Crippen LogP contribution in [0.3, 0.4) is 0 Å². The average Bonchev–Trinajstić information content (AvgIpc) is 3.31. The summed E-state index contributed by atoms with van der Waals surface area (Å²) in [5, 5.41) is 14.3. The lowest BCUT2D eigenvalue weighted by Gasteiger charge is -2.06. The van der Waals surface area contributed by atoms with Crippen molar-refractivity contribution < 1.29 is 9.21 Å². The van der Waals surface area contributed by atoms with Crippen LogP contribution >= 0.6 is 0 Å². The minimum absolute atomic E-state index is 0.117. The van der Waals surface area contributed by atoms with Gasteiger partial charge in [0, 0.05) is 23.9 Å². The summed E-state index contributed by atoms with van der Waals surface area (Å²) < 4.78 is 7.04. The molecular weight excluding hydrogens is 344 g/mol. The molecule has 0 saturated heterocycles. The molecule has 2 aromatic heterocycles. The fourth-order valence-electron chi connectivity index (χ4n) is 2.68. The molecule has 0 unspecified atom stereocenters. The van der Waals surface area contributed by atoms with Gasteiger partial charge in [-0.1, -0.05) is 30.3 Å². The van der Waals surface area contributed by atoms with Crippen LogP contribution in [0.1, 0.15) is 5.69 Å². The Balaban J connectivity index is 1.44. The van der Waals surface area contributed by atoms with E-state index in [0.29, 0.717) is 23.1 Å². The van der Waals surface area contributed by atoms with Gasteiger partial charge in [-0.05, 0) is 34.7 Å². The largest absolute Gasteiger partial charge is 0.444 e. The van der Waals surface area contributed by atoms with E-state index < -0.39 is 0 Å². The second kappa shape index (κ2) is 7.20. The number of carbonyl (C=O) groups is 1. The van der Waals surface area contributed by atoms with Crippen molar-refractivity contribution in [2.45, 2.75) is 6.42 Å². The number of aryl methyl sites for hydroxylation is 1. The zero-order valence-electron chi connectivity index (χ0n) is 14.5. The summed E-state index contributed by atoms with van der Waals surface area (Å²) in [4.78, 5) is 16.7. The molecule has 0 aliphatic heterocycles. The van der Waals surface area contributed by atoms with Crippen molar-refractivity contribution in [3.05, 3.63) is 66.6 Å². The third-order valence-electron chi connectivity index (χ3n) is 3.94. The maximum absolute atomic E-state index is 12.4. The lowest BCUT2D eigenvalue weighted by molar-refractivity contribution is -0.115. The van der Waals surface area contributed by atoms with Gasteiger partial charge < -0.3 is 9.73 Å². The van der Waals surface area contributed by atoms with E-state index in [2.05, 4.69) is 25.8 Å². The first-order valence-corrected chi connectivity index (χ1v) is 8.31. The smallest absolute Gasteiger partial charge is 0.230 e. The van der Waals surface area contributed by atoms with E-state index in [9.17, 15) is 4.79 Å². The molecule has 8 nitrogen and oxygen atoms in total. The van der Waals surface area contributed by atoms with Crippen molar-refractivity contribution >= 4 is 11.6 Å². The Morgan fingerprint density at radius 2 is 1.93 bits per heavy atom. The van der Waals surface area contributed by atoms with Gasteiger partial charge >= 0.3 is 0 Å². The van der Waals surface area contributed by atoms with Gasteiger partial charge in [0.05, 0.1) is 12.1 Å². The van der Waals surface area contributed by atoms with E-state index in [-0.39, 0.29) is 12.3 Å². The number of tetrazole rings is 1. The summed E-state index contributed by atoms with van der Waals surface area (Å²) >= 11 is 0. The number of nitrogens with one attached hydrogen (secondary N) is 1. The van der Waals surface area contributed by atoms with E-state index >= 15 is 0 Å². The van der Waals surface area contributed by atoms with Crippen LogP contribution in [0, 0.1) is 0 Å². The van der Waals surface area contributed by atoms with Crippen LogP contribution in [0.25, 0.3) is 22.8 Å². The maximum Gasteiger partial charge on any atom is 0.230 e. The molecule has 0 aliphatic carbocycles. The van der Waals surface area contributed by atoms with Crippen molar-refractivity contribution in [3.63, 3.8) is 0 Å². The highest BCUT2D eigenvalue weighted by Crippen LogP contribution is 2.21. The Morgan fingerprint density at radius 3 is 2.70 bits per heavy atom. The molecule has 0 saturated carbocycles. The van der Waals surface area contributed by atoms with Crippen molar-refractivity contribution in [1.82, 2.24) is 25.2 Å². The molecule has 2 heterocycles. The first kappa shape index (κ1) is 16.6. The maximum atomic E-state index is 12.4. The molecule has 0 bridgehead atoms. The van der Waals surface area contributed by atoms with Gasteiger partial charge in [0.2, 0.25) is 11.8 Å². The van der Waals surface area contributed by atoms with Crippen LogP contribution in [0.2, 0.25) is 0 Å². The van der Waals surface area contributed by atoms with Crippen LogP contribution in [-0.2, 0) is 18.3 Å². The van der Waals surface area contributed by atoms with Gasteiger partial charge in [0.25, 0.3) is 0 Å². The number of aromatic nitrogens is 5. The summed E-state index contributed by atoms with van der Waals surface area (Å²) in [6.45, 7) is 0. The van der Waals surface area contributed by atoms with Gasteiger partial charge in [0.1, 0.15) is 6.26 Å². The molecule has 2 aromatic carbocycles. The van der Waals surface area contributed by atoms with Crippen molar-refractivity contribution in [3.8, 4) is 22.8 Å². The molecule has 8 heteroatoms. The molecule has 134 valence electrons. The second-order valence-electron chi connectivity index (χ2n) is 5.94. The Kier molecular flexibility index (Phi) is 4.44. The van der Waals surface area contributed by atoms with E-state index in [1.807, 2.05) is 54.6 Å². The number of carbonyl (C=O) groups excluding carboxylic acids is 1. The fraction of sp³-hybridized carbons (Fsp3) is 0.105. The van der Waals surface area contributed by atoms with Crippen LogP contribution in [0.15, 0.2) is 65.3 Å². The normalized spacial score (nSPS) is 10.7. The van der Waals surface area contributed by atoms with Gasteiger partial charge in [-0.15, -0.1) is 5.10 Å². The number of anilines is 1. The predicted molar refractivity (Wildman–Crippen MR) is 98.5 cm³/mol. The summed E-state index contributed by atoms with van der Waals surface area (Å²) in [7, 11) is 1.76. The predicted octanol–water partition coefficient (Wildman–Crippen LogP) is 2.71. The van der Waals surface area contributed by atoms with E-state index in [1.165, 1.54) is 6.26 Å². The minimum Gasteiger partial charge on any atom is -0.444 e. The molecule has 4 rings (SSSR count). The van der Waals surface area contributed by atoms with Gasteiger partial charge in [0.15, 0.2) is 5.82 Å². The Hall–Kier alpha value is -3.81. The Morgan fingerprint density at radius 1 is 1.11 bits per heavy atom. The minimum atomic E-state index is -0.184. The van der Waals surface area contributed by atoms with Gasteiger partial charge in [-0.2, -0.15) is 0 Å². The first-order valence-electron chi connectivity index (χ1n) is 8.31. The molecule has 0 radical (unpaired) electrons. The molecule has 1 N–H and O–H groups in total. The standard InChI is InChI=1S/C19H16N6O2/c1-25-18(22-23-24-25)14-8-5-9-15(10-14)20-17(26)11-16-12-27-19(21-16)13-6-3-2-4-7-13/h2-10,12H,11H2,1H3,(H,20,26). The van der Waals surface area contributed by atoms with E-state index in [4.69, 9.17) is 4.42 Å². The van der Waals surface area contributed by atoms with Crippen LogP contribution in [0.4, 0.5) is 5.69 Å². The molecule has 0 spiro atoms. The number of rotatable bonds is 5. The van der Waals surface area contributed by atoms with Crippen LogP contribution in [0.5, 0.6) is 0 Å². The third-order valence-corrected chi connectivity index (χ3v) is 3.94. The molecular formula is C19H16N6O2. The number of amides is 1. The zero-order chi connectivity index (χ0) is 18.6. The number of benzene rings is 2. The second-order valence-corrected chi connectivity index (χ2v) is 5.94. The van der Waals surface area contributed by atoms with Gasteiger partial charge in [-0.3, -0.25) is 4.79 Å². The topological polar surface area (TPSA) is 98.7 Å². The van der Waals surface area contributed by atoms with Crippen molar-refractivity contribution in [2.24, 2.45) is 7.05 Å². The van der Waals surface area contributed by atoms with E-state index in [1.54, 1.807) is 11.7 Å². The third kappa shape index (κ3) is 3.74. The van der Waals surface area contributed by atoms with Crippen molar-refractivity contribution in [1.29, 1.82) is 0 Å². The average molecular weight is 360 g/mol. The monoisotopic (exact) mass is 360 g/mol.